The van der Waals surface area contributed by atoms with Gasteiger partial charge in [-0.05, 0) is 30.5 Å². The Morgan fingerprint density at radius 1 is 1.20 bits per heavy atom. The van der Waals surface area contributed by atoms with Gasteiger partial charge in [0.2, 0.25) is 0 Å². The molecule has 110 valence electrons. The Morgan fingerprint density at radius 3 is 2.20 bits per heavy atom. The molecule has 1 aliphatic heterocycles. The average molecular weight is 350 g/mol. The zero-order valence-corrected chi connectivity index (χ0v) is 12.4. The Hall–Kier alpha value is -1.04. The zero-order chi connectivity index (χ0) is 14.8. The number of likely N-dealkylation sites (tertiary alicyclic amines) is 1. The first-order valence-electron chi connectivity index (χ1n) is 6.42. The third-order valence-corrected chi connectivity index (χ3v) is 4.25. The lowest BCUT2D eigenvalue weighted by atomic mass is 9.96. The number of benzene rings is 1. The number of alkyl halides is 4. The minimum Gasteiger partial charge on any atom is -0.339 e. The third kappa shape index (κ3) is 3.53. The van der Waals surface area contributed by atoms with E-state index in [9.17, 15) is 18.0 Å². The number of rotatable bonds is 2. The summed E-state index contributed by atoms with van der Waals surface area (Å²) >= 11 is 3.32. The molecule has 0 atom stereocenters. The number of carbonyl (C=O) groups is 1. The maximum atomic E-state index is 12.6. The summed E-state index contributed by atoms with van der Waals surface area (Å²) in [7, 11) is 0. The van der Waals surface area contributed by atoms with Crippen molar-refractivity contribution in [2.45, 2.75) is 24.3 Å². The monoisotopic (exact) mass is 349 g/mol. The van der Waals surface area contributed by atoms with Crippen LogP contribution in [0.5, 0.6) is 0 Å². The zero-order valence-electron chi connectivity index (χ0n) is 10.8. The van der Waals surface area contributed by atoms with E-state index in [1.54, 1.807) is 12.1 Å². The number of amides is 1. The molecule has 6 heteroatoms. The van der Waals surface area contributed by atoms with Gasteiger partial charge in [-0.1, -0.05) is 28.1 Å². The van der Waals surface area contributed by atoms with Crippen LogP contribution < -0.4 is 0 Å². The second kappa shape index (κ2) is 6.16. The normalized spacial score (nSPS) is 17.3. The fourth-order valence-corrected chi connectivity index (χ4v) is 2.70. The SMILES string of the molecule is O=C(c1ccc(CBr)cc1)N1CCC(C(F)(F)F)CC1. The predicted molar refractivity (Wildman–Crippen MR) is 73.8 cm³/mol. The number of carbonyl (C=O) groups excluding carboxylic acids is 1. The quantitative estimate of drug-likeness (QED) is 0.739. The second-order valence-electron chi connectivity index (χ2n) is 4.94. The molecule has 1 heterocycles. The first kappa shape index (κ1) is 15.4. The molecule has 0 bridgehead atoms. The Morgan fingerprint density at radius 2 is 1.75 bits per heavy atom. The van der Waals surface area contributed by atoms with Crippen molar-refractivity contribution in [2.24, 2.45) is 5.92 Å². The average Bonchev–Trinajstić information content (AvgIpc) is 2.46. The summed E-state index contributed by atoms with van der Waals surface area (Å²) in [6.45, 7) is 0.340. The molecule has 1 fully saturated rings. The Bertz CT molecular complexity index is 464. The lowest BCUT2D eigenvalue weighted by Crippen LogP contribution is -2.42. The maximum Gasteiger partial charge on any atom is 0.391 e. The van der Waals surface area contributed by atoms with Crippen molar-refractivity contribution in [1.29, 1.82) is 0 Å². The number of hydrogen-bond donors (Lipinski definition) is 0. The fraction of sp³-hybridized carbons (Fsp3) is 0.500. The lowest BCUT2D eigenvalue weighted by molar-refractivity contribution is -0.183. The maximum absolute atomic E-state index is 12.6. The number of halogens is 4. The molecule has 20 heavy (non-hydrogen) atoms. The fourth-order valence-electron chi connectivity index (χ4n) is 2.33. The van der Waals surface area contributed by atoms with Crippen molar-refractivity contribution < 1.29 is 18.0 Å². The minimum absolute atomic E-state index is 0.00523. The third-order valence-electron chi connectivity index (χ3n) is 3.60. The Balaban J connectivity index is 1.97. The molecule has 0 spiro atoms. The molecule has 1 aliphatic rings. The first-order chi connectivity index (χ1) is 9.41. The highest BCUT2D eigenvalue weighted by molar-refractivity contribution is 9.08. The molecule has 0 aromatic heterocycles. The van der Waals surface area contributed by atoms with Crippen LogP contribution in [0, 0.1) is 5.92 Å². The highest BCUT2D eigenvalue weighted by Crippen LogP contribution is 2.34. The molecule has 0 unspecified atom stereocenters. The smallest absolute Gasteiger partial charge is 0.339 e. The van der Waals surface area contributed by atoms with Crippen LogP contribution in [0.15, 0.2) is 24.3 Å². The van der Waals surface area contributed by atoms with Gasteiger partial charge in [-0.15, -0.1) is 0 Å². The molecule has 1 amide bonds. The van der Waals surface area contributed by atoms with E-state index in [0.29, 0.717) is 10.9 Å². The number of piperidine rings is 1. The van der Waals surface area contributed by atoms with E-state index in [0.717, 1.165) is 5.56 Å². The van der Waals surface area contributed by atoms with E-state index in [-0.39, 0.29) is 31.8 Å². The van der Waals surface area contributed by atoms with Gasteiger partial charge in [-0.25, -0.2) is 0 Å². The van der Waals surface area contributed by atoms with Crippen LogP contribution in [0.2, 0.25) is 0 Å². The molecule has 0 radical (unpaired) electrons. The predicted octanol–water partition coefficient (Wildman–Crippen LogP) is 4.00. The summed E-state index contributed by atoms with van der Waals surface area (Å²) in [5, 5.41) is 0.707. The Labute approximate surface area is 124 Å². The Kier molecular flexibility index (Phi) is 4.73. The lowest BCUT2D eigenvalue weighted by Gasteiger charge is -2.33. The van der Waals surface area contributed by atoms with E-state index < -0.39 is 12.1 Å². The van der Waals surface area contributed by atoms with Gasteiger partial charge >= 0.3 is 6.18 Å². The van der Waals surface area contributed by atoms with E-state index in [1.807, 2.05) is 12.1 Å². The number of hydrogen-bond acceptors (Lipinski definition) is 1. The van der Waals surface area contributed by atoms with Crippen molar-refractivity contribution >= 4 is 21.8 Å². The summed E-state index contributed by atoms with van der Waals surface area (Å²) in [4.78, 5) is 13.7. The van der Waals surface area contributed by atoms with E-state index in [4.69, 9.17) is 0 Å². The summed E-state index contributed by atoms with van der Waals surface area (Å²) in [6, 6.07) is 7.11. The minimum atomic E-state index is -4.15. The molecule has 0 saturated carbocycles. The highest BCUT2D eigenvalue weighted by atomic mass is 79.9. The van der Waals surface area contributed by atoms with E-state index in [2.05, 4.69) is 15.9 Å². The largest absolute Gasteiger partial charge is 0.391 e. The van der Waals surface area contributed by atoms with Crippen molar-refractivity contribution in [3.63, 3.8) is 0 Å². The van der Waals surface area contributed by atoms with Crippen LogP contribution in [0.25, 0.3) is 0 Å². The van der Waals surface area contributed by atoms with Crippen LogP contribution in [-0.4, -0.2) is 30.1 Å². The molecule has 1 saturated heterocycles. The molecule has 0 aliphatic carbocycles. The molecular formula is C14H15BrF3NO. The molecular weight excluding hydrogens is 335 g/mol. The van der Waals surface area contributed by atoms with Gasteiger partial charge in [-0.3, -0.25) is 4.79 Å². The van der Waals surface area contributed by atoms with Crippen LogP contribution in [0.4, 0.5) is 13.2 Å². The molecule has 0 N–H and O–H groups in total. The van der Waals surface area contributed by atoms with Crippen molar-refractivity contribution in [3.05, 3.63) is 35.4 Å². The van der Waals surface area contributed by atoms with Crippen molar-refractivity contribution in [3.8, 4) is 0 Å². The molecule has 1 aromatic carbocycles. The van der Waals surface area contributed by atoms with Crippen molar-refractivity contribution in [2.75, 3.05) is 13.1 Å². The van der Waals surface area contributed by atoms with Gasteiger partial charge in [0.15, 0.2) is 0 Å². The van der Waals surface area contributed by atoms with Gasteiger partial charge in [0.1, 0.15) is 0 Å². The van der Waals surface area contributed by atoms with E-state index >= 15 is 0 Å². The standard InChI is InChI=1S/C14H15BrF3NO/c15-9-10-1-3-11(4-2-10)13(20)19-7-5-12(6-8-19)14(16,17)18/h1-4,12H,5-9H2. The summed E-state index contributed by atoms with van der Waals surface area (Å²) in [6.07, 6.45) is -4.16. The van der Waals surface area contributed by atoms with Crippen molar-refractivity contribution in [1.82, 2.24) is 4.90 Å². The first-order valence-corrected chi connectivity index (χ1v) is 7.55. The highest BCUT2D eigenvalue weighted by Gasteiger charge is 2.41. The van der Waals surface area contributed by atoms with Gasteiger partial charge in [-0.2, -0.15) is 13.2 Å². The van der Waals surface area contributed by atoms with Gasteiger partial charge in [0.25, 0.3) is 5.91 Å². The molecule has 2 nitrogen and oxygen atoms in total. The van der Waals surface area contributed by atoms with Gasteiger partial charge < -0.3 is 4.90 Å². The molecule has 2 rings (SSSR count). The second-order valence-corrected chi connectivity index (χ2v) is 5.50. The summed E-state index contributed by atoms with van der Waals surface area (Å²) < 4.78 is 37.7. The van der Waals surface area contributed by atoms with Crippen LogP contribution >= 0.6 is 15.9 Å². The summed E-state index contributed by atoms with van der Waals surface area (Å²) in [5.41, 5.74) is 1.58. The van der Waals surface area contributed by atoms with Crippen LogP contribution in [0.3, 0.4) is 0 Å². The van der Waals surface area contributed by atoms with Crippen LogP contribution in [0.1, 0.15) is 28.8 Å². The number of nitrogens with zero attached hydrogens (tertiary/aromatic N) is 1. The summed E-state index contributed by atoms with van der Waals surface area (Å²) in [5.74, 6) is -1.46. The van der Waals surface area contributed by atoms with Gasteiger partial charge in [0.05, 0.1) is 5.92 Å². The van der Waals surface area contributed by atoms with Crippen LogP contribution in [-0.2, 0) is 5.33 Å². The topological polar surface area (TPSA) is 20.3 Å². The van der Waals surface area contributed by atoms with Gasteiger partial charge in [0, 0.05) is 24.0 Å². The van der Waals surface area contributed by atoms with E-state index in [1.165, 1.54) is 4.90 Å². The molecule has 1 aromatic rings.